The first kappa shape index (κ1) is 20.3. The summed E-state index contributed by atoms with van der Waals surface area (Å²) in [5.41, 5.74) is 0.566. The van der Waals surface area contributed by atoms with E-state index in [-0.39, 0.29) is 11.3 Å². The van der Waals surface area contributed by atoms with Gasteiger partial charge in [0.15, 0.2) is 11.5 Å². The number of aliphatic hydroxyl groups is 1. The number of carbonyl (C=O) groups excluding carboxylic acids is 3. The van der Waals surface area contributed by atoms with Crippen LogP contribution in [0.3, 0.4) is 0 Å². The molecule has 2 heterocycles. The Morgan fingerprint density at radius 2 is 1.90 bits per heavy atom. The van der Waals surface area contributed by atoms with Crippen LogP contribution in [0.1, 0.15) is 29.1 Å². The molecule has 8 nitrogen and oxygen atoms in total. The molecule has 1 aliphatic heterocycles. The molecule has 3 rings (SSSR count). The Balaban J connectivity index is 2.01. The van der Waals surface area contributed by atoms with Gasteiger partial charge in [-0.2, -0.15) is 0 Å². The molecule has 2 aromatic rings. The van der Waals surface area contributed by atoms with Crippen molar-refractivity contribution in [3.8, 4) is 5.75 Å². The van der Waals surface area contributed by atoms with Gasteiger partial charge in [-0.3, -0.25) is 14.4 Å². The number of amides is 1. The van der Waals surface area contributed by atoms with Gasteiger partial charge in [-0.25, -0.2) is 0 Å². The van der Waals surface area contributed by atoms with Crippen LogP contribution in [0, 0.1) is 0 Å². The average Bonchev–Trinajstić information content (AvgIpc) is 3.28. The van der Waals surface area contributed by atoms with Crippen molar-refractivity contribution in [3.63, 3.8) is 0 Å². The van der Waals surface area contributed by atoms with Crippen LogP contribution < -0.4 is 4.74 Å². The van der Waals surface area contributed by atoms with Crippen LogP contribution in [0.25, 0.3) is 0 Å². The highest BCUT2D eigenvalue weighted by Crippen LogP contribution is 2.39. The summed E-state index contributed by atoms with van der Waals surface area (Å²) in [6.45, 7) is 2.15. The number of Topliss-reactive ketones (excluding diaryl/α,β-unsaturated/α-hetero) is 1. The molecule has 1 N–H and O–H groups in total. The van der Waals surface area contributed by atoms with E-state index in [0.29, 0.717) is 24.4 Å². The van der Waals surface area contributed by atoms with Gasteiger partial charge in [-0.1, -0.05) is 12.1 Å². The van der Waals surface area contributed by atoms with Gasteiger partial charge in [0.05, 0.1) is 17.9 Å². The molecule has 0 saturated carbocycles. The third-order valence-electron chi connectivity index (χ3n) is 4.54. The number of esters is 1. The monoisotopic (exact) mass is 398 g/mol. The molecule has 0 saturated heterocycles. The van der Waals surface area contributed by atoms with E-state index in [0.717, 1.165) is 0 Å². The third-order valence-corrected chi connectivity index (χ3v) is 4.54. The number of likely N-dealkylation sites (N-methyl/N-ethyl adjacent to an activating group) is 1. The zero-order valence-corrected chi connectivity index (χ0v) is 16.4. The Morgan fingerprint density at radius 3 is 2.45 bits per heavy atom. The first-order chi connectivity index (χ1) is 13.8. The van der Waals surface area contributed by atoms with Crippen LogP contribution in [-0.4, -0.2) is 59.8 Å². The van der Waals surface area contributed by atoms with Gasteiger partial charge in [0.2, 0.25) is 5.78 Å². The normalized spacial score (nSPS) is 16.6. The Hall–Kier alpha value is -3.39. The number of aliphatic hydroxyl groups excluding tert-OH is 1. The number of furan rings is 1. The van der Waals surface area contributed by atoms with Gasteiger partial charge in [0.1, 0.15) is 5.75 Å². The van der Waals surface area contributed by atoms with Gasteiger partial charge >= 0.3 is 5.97 Å². The Bertz CT molecular complexity index is 944. The summed E-state index contributed by atoms with van der Waals surface area (Å²) in [5.74, 6) is -1.82. The van der Waals surface area contributed by atoms with Crippen LogP contribution in [-0.2, 0) is 9.59 Å². The van der Waals surface area contributed by atoms with E-state index >= 15 is 0 Å². The molecule has 0 bridgehead atoms. The van der Waals surface area contributed by atoms with Crippen LogP contribution >= 0.6 is 0 Å². The number of hydrogen-bond acceptors (Lipinski definition) is 7. The molecule has 1 unspecified atom stereocenters. The minimum Gasteiger partial charge on any atom is -0.503 e. The van der Waals surface area contributed by atoms with Gasteiger partial charge < -0.3 is 24.1 Å². The van der Waals surface area contributed by atoms with Crippen molar-refractivity contribution in [1.82, 2.24) is 9.80 Å². The van der Waals surface area contributed by atoms with Crippen LogP contribution in [0.4, 0.5) is 0 Å². The van der Waals surface area contributed by atoms with Gasteiger partial charge in [0, 0.05) is 20.0 Å². The number of ether oxygens (including phenoxy) is 1. The van der Waals surface area contributed by atoms with Crippen LogP contribution in [0.2, 0.25) is 0 Å². The molecule has 0 aliphatic carbocycles. The maximum atomic E-state index is 13.0. The zero-order chi connectivity index (χ0) is 21.1. The Kier molecular flexibility index (Phi) is 5.84. The summed E-state index contributed by atoms with van der Waals surface area (Å²) in [6, 6.07) is 8.74. The fraction of sp³-hybridized carbons (Fsp3) is 0.286. The zero-order valence-electron chi connectivity index (χ0n) is 16.4. The lowest BCUT2D eigenvalue weighted by Crippen LogP contribution is -2.36. The number of carbonyl (C=O) groups is 3. The van der Waals surface area contributed by atoms with Crippen molar-refractivity contribution in [1.29, 1.82) is 0 Å². The van der Waals surface area contributed by atoms with E-state index in [1.807, 2.05) is 19.0 Å². The molecule has 29 heavy (non-hydrogen) atoms. The standard InChI is InChI=1S/C21H22N2O6/c1-13(24)29-15-8-6-14(7-9-15)18-17(19(25)16-5-4-12-28-16)20(26)21(27)23(18)11-10-22(2)3/h4-9,12,18,26H,10-11H2,1-3H3. The number of nitrogens with zero attached hydrogens (tertiary/aromatic N) is 2. The first-order valence-electron chi connectivity index (χ1n) is 9.05. The Morgan fingerprint density at radius 1 is 1.21 bits per heavy atom. The quantitative estimate of drug-likeness (QED) is 0.434. The highest BCUT2D eigenvalue weighted by molar-refractivity contribution is 6.15. The van der Waals surface area contributed by atoms with Gasteiger partial charge in [-0.05, 0) is 43.9 Å². The van der Waals surface area contributed by atoms with E-state index in [4.69, 9.17) is 9.15 Å². The molecule has 1 atom stereocenters. The largest absolute Gasteiger partial charge is 0.503 e. The summed E-state index contributed by atoms with van der Waals surface area (Å²) in [4.78, 5) is 40.2. The highest BCUT2D eigenvalue weighted by atomic mass is 16.5. The van der Waals surface area contributed by atoms with Crippen LogP contribution in [0.15, 0.2) is 58.4 Å². The molecule has 152 valence electrons. The molecule has 1 aromatic heterocycles. The SMILES string of the molecule is CC(=O)Oc1ccc(C2C(C(=O)c3ccco3)=C(O)C(=O)N2CCN(C)C)cc1. The molecule has 0 radical (unpaired) electrons. The van der Waals surface area contributed by atoms with Crippen molar-refractivity contribution in [3.05, 3.63) is 65.3 Å². The lowest BCUT2D eigenvalue weighted by Gasteiger charge is -2.28. The van der Waals surface area contributed by atoms with E-state index in [1.54, 1.807) is 30.3 Å². The van der Waals surface area contributed by atoms with E-state index in [2.05, 4.69) is 0 Å². The topological polar surface area (TPSA) is 100 Å². The fourth-order valence-electron chi connectivity index (χ4n) is 3.20. The van der Waals surface area contributed by atoms with Crippen molar-refractivity contribution >= 4 is 17.7 Å². The van der Waals surface area contributed by atoms with Crippen LogP contribution in [0.5, 0.6) is 5.75 Å². The summed E-state index contributed by atoms with van der Waals surface area (Å²) in [5, 5.41) is 10.5. The van der Waals surface area contributed by atoms with Crippen molar-refractivity contribution in [2.24, 2.45) is 0 Å². The molecule has 8 heteroatoms. The molecular formula is C21H22N2O6. The van der Waals surface area contributed by atoms with Gasteiger partial charge in [0.25, 0.3) is 5.91 Å². The second-order valence-corrected chi connectivity index (χ2v) is 6.94. The molecule has 1 amide bonds. The van der Waals surface area contributed by atoms with Crippen molar-refractivity contribution < 1.29 is 28.6 Å². The smallest absolute Gasteiger partial charge is 0.308 e. The second kappa shape index (κ2) is 8.32. The number of hydrogen-bond donors (Lipinski definition) is 1. The lowest BCUT2D eigenvalue weighted by atomic mass is 9.95. The number of rotatable bonds is 7. The highest BCUT2D eigenvalue weighted by Gasteiger charge is 2.44. The molecule has 0 spiro atoms. The summed E-state index contributed by atoms with van der Waals surface area (Å²) in [6.07, 6.45) is 1.36. The maximum absolute atomic E-state index is 13.0. The van der Waals surface area contributed by atoms with E-state index in [1.165, 1.54) is 24.2 Å². The van der Waals surface area contributed by atoms with E-state index < -0.39 is 29.5 Å². The molecular weight excluding hydrogens is 376 g/mol. The number of ketones is 1. The second-order valence-electron chi connectivity index (χ2n) is 6.94. The predicted molar refractivity (Wildman–Crippen MR) is 103 cm³/mol. The Labute approximate surface area is 168 Å². The lowest BCUT2D eigenvalue weighted by molar-refractivity contribution is -0.132. The minimum absolute atomic E-state index is 0.0374. The molecule has 1 aliphatic rings. The summed E-state index contributed by atoms with van der Waals surface area (Å²) < 4.78 is 10.2. The summed E-state index contributed by atoms with van der Waals surface area (Å²) in [7, 11) is 3.73. The van der Waals surface area contributed by atoms with Crippen molar-refractivity contribution in [2.45, 2.75) is 13.0 Å². The first-order valence-corrected chi connectivity index (χ1v) is 9.05. The number of benzene rings is 1. The third kappa shape index (κ3) is 4.22. The fourth-order valence-corrected chi connectivity index (χ4v) is 3.20. The van der Waals surface area contributed by atoms with E-state index in [9.17, 15) is 19.5 Å². The summed E-state index contributed by atoms with van der Waals surface area (Å²) >= 11 is 0. The average molecular weight is 398 g/mol. The van der Waals surface area contributed by atoms with Gasteiger partial charge in [-0.15, -0.1) is 0 Å². The minimum atomic E-state index is -0.786. The van der Waals surface area contributed by atoms with Crippen molar-refractivity contribution in [2.75, 3.05) is 27.2 Å². The molecule has 0 fully saturated rings. The predicted octanol–water partition coefficient (Wildman–Crippen LogP) is 2.34. The maximum Gasteiger partial charge on any atom is 0.308 e. The molecule has 1 aromatic carbocycles.